The first-order valence-corrected chi connectivity index (χ1v) is 6.05. The van der Waals surface area contributed by atoms with Gasteiger partial charge in [-0.05, 0) is 37.6 Å². The fourth-order valence-electron chi connectivity index (χ4n) is 1.94. The minimum Gasteiger partial charge on any atom is -0.493 e. The Bertz CT molecular complexity index is 652. The predicted octanol–water partition coefficient (Wildman–Crippen LogP) is 3.20. The number of ether oxygens (including phenoxy) is 2. The van der Waals surface area contributed by atoms with Gasteiger partial charge in [0.25, 0.3) is 0 Å². The van der Waals surface area contributed by atoms with Gasteiger partial charge in [-0.1, -0.05) is 12.1 Å². The third-order valence-corrected chi connectivity index (χ3v) is 2.80. The first-order chi connectivity index (χ1) is 9.52. The van der Waals surface area contributed by atoms with Crippen molar-refractivity contribution in [3.8, 4) is 17.4 Å². The zero-order valence-electron chi connectivity index (χ0n) is 11.5. The quantitative estimate of drug-likeness (QED) is 0.926. The molecule has 0 spiro atoms. The molecule has 0 bridgehead atoms. The number of aryl methyl sites for hydroxylation is 2. The Balaban J connectivity index is 2.50. The molecule has 0 unspecified atom stereocenters. The van der Waals surface area contributed by atoms with Crippen molar-refractivity contribution in [2.75, 3.05) is 7.11 Å². The molecular weight excluding hydrogens is 258 g/mol. The number of methoxy groups -OCH3 is 1. The molecule has 20 heavy (non-hydrogen) atoms. The first kappa shape index (κ1) is 13.9. The molecule has 5 nitrogen and oxygen atoms in total. The Morgan fingerprint density at radius 3 is 2.45 bits per heavy atom. The van der Waals surface area contributed by atoms with Gasteiger partial charge in [0.05, 0.1) is 7.11 Å². The van der Waals surface area contributed by atoms with Gasteiger partial charge in [0.1, 0.15) is 5.56 Å². The van der Waals surface area contributed by atoms with E-state index in [2.05, 4.69) is 4.98 Å². The van der Waals surface area contributed by atoms with Crippen LogP contribution >= 0.6 is 0 Å². The molecule has 0 atom stereocenters. The van der Waals surface area contributed by atoms with Crippen LogP contribution in [0.4, 0.5) is 0 Å². The summed E-state index contributed by atoms with van der Waals surface area (Å²) in [6, 6.07) is 8.72. The molecule has 2 aromatic rings. The van der Waals surface area contributed by atoms with Crippen molar-refractivity contribution in [2.24, 2.45) is 0 Å². The van der Waals surface area contributed by atoms with Gasteiger partial charge in [-0.25, -0.2) is 9.78 Å². The highest BCUT2D eigenvalue weighted by Gasteiger charge is 2.18. The number of para-hydroxylation sites is 2. The number of hydrogen-bond donors (Lipinski definition) is 1. The molecule has 1 aromatic heterocycles. The molecule has 5 heteroatoms. The Kier molecular flexibility index (Phi) is 3.89. The predicted molar refractivity (Wildman–Crippen MR) is 73.7 cm³/mol. The fourth-order valence-corrected chi connectivity index (χ4v) is 1.94. The minimum atomic E-state index is -1.07. The molecule has 2 rings (SSSR count). The van der Waals surface area contributed by atoms with E-state index in [0.717, 1.165) is 0 Å². The van der Waals surface area contributed by atoms with Crippen molar-refractivity contribution >= 4 is 5.97 Å². The number of rotatable bonds is 4. The maximum absolute atomic E-state index is 11.3. The molecule has 0 radical (unpaired) electrons. The van der Waals surface area contributed by atoms with Crippen LogP contribution in [0.15, 0.2) is 30.3 Å². The summed E-state index contributed by atoms with van der Waals surface area (Å²) < 4.78 is 10.8. The van der Waals surface area contributed by atoms with E-state index in [-0.39, 0.29) is 11.4 Å². The maximum Gasteiger partial charge on any atom is 0.341 e. The van der Waals surface area contributed by atoms with Crippen LogP contribution in [0.1, 0.15) is 21.6 Å². The minimum absolute atomic E-state index is 0.0570. The second-order valence-electron chi connectivity index (χ2n) is 4.32. The number of aromatic nitrogens is 1. The lowest BCUT2D eigenvalue weighted by atomic mass is 10.1. The van der Waals surface area contributed by atoms with Gasteiger partial charge in [0.15, 0.2) is 11.5 Å². The molecule has 1 heterocycles. The van der Waals surface area contributed by atoms with E-state index in [1.807, 2.05) is 0 Å². The zero-order chi connectivity index (χ0) is 14.7. The van der Waals surface area contributed by atoms with E-state index in [1.54, 1.807) is 44.2 Å². The zero-order valence-corrected chi connectivity index (χ0v) is 11.5. The van der Waals surface area contributed by atoms with Crippen molar-refractivity contribution in [1.82, 2.24) is 4.98 Å². The molecular formula is C15H15NO4. The maximum atomic E-state index is 11.3. The molecule has 1 aromatic carbocycles. The Morgan fingerprint density at radius 1 is 1.20 bits per heavy atom. The normalized spacial score (nSPS) is 10.2. The number of hydrogen-bond acceptors (Lipinski definition) is 4. The van der Waals surface area contributed by atoms with Crippen molar-refractivity contribution < 1.29 is 19.4 Å². The van der Waals surface area contributed by atoms with Crippen LogP contribution in [0, 0.1) is 13.8 Å². The topological polar surface area (TPSA) is 68.7 Å². The molecule has 0 aliphatic carbocycles. The van der Waals surface area contributed by atoms with Crippen LogP contribution in [0.3, 0.4) is 0 Å². The third-order valence-electron chi connectivity index (χ3n) is 2.80. The van der Waals surface area contributed by atoms with Gasteiger partial charge in [-0.3, -0.25) is 0 Å². The number of carboxylic acids is 1. The van der Waals surface area contributed by atoms with Crippen molar-refractivity contribution in [3.63, 3.8) is 0 Å². The van der Waals surface area contributed by atoms with Crippen molar-refractivity contribution in [3.05, 3.63) is 47.2 Å². The summed E-state index contributed by atoms with van der Waals surface area (Å²) in [6.07, 6.45) is 0. The Morgan fingerprint density at radius 2 is 1.85 bits per heavy atom. The monoisotopic (exact) mass is 273 g/mol. The highest BCUT2D eigenvalue weighted by atomic mass is 16.5. The van der Waals surface area contributed by atoms with E-state index in [1.165, 1.54) is 7.11 Å². The van der Waals surface area contributed by atoms with E-state index in [0.29, 0.717) is 22.8 Å². The number of nitrogens with zero attached hydrogens (tertiary/aromatic N) is 1. The summed E-state index contributed by atoms with van der Waals surface area (Å²) >= 11 is 0. The SMILES string of the molecule is COc1ccccc1Oc1nc(C)cc(C)c1C(=O)O. The van der Waals surface area contributed by atoms with E-state index < -0.39 is 5.97 Å². The van der Waals surface area contributed by atoms with Crippen LogP contribution in [0.25, 0.3) is 0 Å². The largest absolute Gasteiger partial charge is 0.493 e. The van der Waals surface area contributed by atoms with Crippen molar-refractivity contribution in [1.29, 1.82) is 0 Å². The van der Waals surface area contributed by atoms with Crippen molar-refractivity contribution in [2.45, 2.75) is 13.8 Å². The van der Waals surface area contributed by atoms with Gasteiger partial charge in [-0.15, -0.1) is 0 Å². The van der Waals surface area contributed by atoms with Gasteiger partial charge in [0, 0.05) is 5.69 Å². The molecule has 0 saturated carbocycles. The van der Waals surface area contributed by atoms with E-state index in [9.17, 15) is 9.90 Å². The summed E-state index contributed by atoms with van der Waals surface area (Å²) in [5.41, 5.74) is 1.36. The van der Waals surface area contributed by atoms with Gasteiger partial charge < -0.3 is 14.6 Å². The van der Waals surface area contributed by atoms with Crippen LogP contribution in [-0.4, -0.2) is 23.2 Å². The lowest BCUT2D eigenvalue weighted by Crippen LogP contribution is -2.06. The summed E-state index contributed by atoms with van der Waals surface area (Å²) in [6.45, 7) is 3.50. The third kappa shape index (κ3) is 2.71. The summed E-state index contributed by atoms with van der Waals surface area (Å²) in [5.74, 6) is -0.0563. The average Bonchev–Trinajstić information content (AvgIpc) is 2.38. The van der Waals surface area contributed by atoms with Crippen LogP contribution < -0.4 is 9.47 Å². The second kappa shape index (κ2) is 5.61. The molecule has 0 fully saturated rings. The number of aromatic carboxylic acids is 1. The van der Waals surface area contributed by atoms with E-state index >= 15 is 0 Å². The molecule has 0 aliphatic rings. The van der Waals surface area contributed by atoms with Crippen LogP contribution in [0.5, 0.6) is 17.4 Å². The smallest absolute Gasteiger partial charge is 0.341 e. The van der Waals surface area contributed by atoms with Gasteiger partial charge >= 0.3 is 5.97 Å². The number of carbonyl (C=O) groups is 1. The van der Waals surface area contributed by atoms with Crippen LogP contribution in [0.2, 0.25) is 0 Å². The summed E-state index contributed by atoms with van der Waals surface area (Å²) in [5, 5.41) is 9.29. The number of benzene rings is 1. The lowest BCUT2D eigenvalue weighted by molar-refractivity contribution is 0.0692. The molecule has 1 N–H and O–H groups in total. The van der Waals surface area contributed by atoms with Gasteiger partial charge in [-0.2, -0.15) is 0 Å². The summed E-state index contributed by atoms with van der Waals surface area (Å²) in [4.78, 5) is 15.5. The van der Waals surface area contributed by atoms with Crippen LogP contribution in [-0.2, 0) is 0 Å². The average molecular weight is 273 g/mol. The Labute approximate surface area is 116 Å². The van der Waals surface area contributed by atoms with E-state index in [4.69, 9.17) is 9.47 Å². The first-order valence-electron chi connectivity index (χ1n) is 6.05. The molecule has 104 valence electrons. The van der Waals surface area contributed by atoms with Gasteiger partial charge in [0.2, 0.25) is 5.88 Å². The number of carboxylic acid groups (broad SMARTS) is 1. The molecule has 0 amide bonds. The molecule has 0 saturated heterocycles. The Hall–Kier alpha value is -2.56. The molecule has 0 aliphatic heterocycles. The highest BCUT2D eigenvalue weighted by Crippen LogP contribution is 2.32. The standard InChI is InChI=1S/C15H15NO4/c1-9-8-10(2)16-14(13(9)15(17)18)20-12-7-5-4-6-11(12)19-3/h4-8H,1-3H3,(H,17,18). The number of pyridine rings is 1. The lowest BCUT2D eigenvalue weighted by Gasteiger charge is -2.13. The fraction of sp³-hybridized carbons (Fsp3) is 0.200. The highest BCUT2D eigenvalue weighted by molar-refractivity contribution is 5.92. The summed E-state index contributed by atoms with van der Waals surface area (Å²) in [7, 11) is 1.52. The second-order valence-corrected chi connectivity index (χ2v) is 4.32.